The van der Waals surface area contributed by atoms with Crippen molar-refractivity contribution in [2.75, 3.05) is 0 Å². The van der Waals surface area contributed by atoms with Crippen LogP contribution in [0.3, 0.4) is 0 Å². The molecule has 1 heterocycles. The lowest BCUT2D eigenvalue weighted by molar-refractivity contribution is 1.67. The van der Waals surface area contributed by atoms with Gasteiger partial charge in [-0.1, -0.05) is 73.8 Å². The molecule has 0 aliphatic heterocycles. The number of fused-ring (bicyclic) bond motifs is 1. The van der Waals surface area contributed by atoms with E-state index in [0.717, 1.165) is 0 Å². The molecule has 0 atom stereocenters. The quantitative estimate of drug-likeness (QED) is 0.555. The normalized spacial score (nSPS) is 10.5. The van der Waals surface area contributed by atoms with Crippen molar-refractivity contribution in [1.29, 1.82) is 0 Å². The molecule has 1 heteroatoms. The van der Waals surface area contributed by atoms with Crippen LogP contribution in [0.1, 0.15) is 10.4 Å². The van der Waals surface area contributed by atoms with E-state index < -0.39 is 0 Å². The van der Waals surface area contributed by atoms with Gasteiger partial charge >= 0.3 is 0 Å². The summed E-state index contributed by atoms with van der Waals surface area (Å²) in [6.07, 6.45) is 3.83. The smallest absolute Gasteiger partial charge is 0.0433 e. The van der Waals surface area contributed by atoms with Crippen LogP contribution < -0.4 is 0 Å². The highest BCUT2D eigenvalue weighted by Gasteiger charge is 2.11. The summed E-state index contributed by atoms with van der Waals surface area (Å²) < 4.78 is 1.30. The molecule has 0 aliphatic carbocycles. The van der Waals surface area contributed by atoms with E-state index in [-0.39, 0.29) is 0 Å². The molecule has 0 N–H and O–H groups in total. The fraction of sp³-hybridized carbons (Fsp3) is 0. The average Bonchev–Trinajstić information content (AvgIpc) is 2.85. The summed E-state index contributed by atoms with van der Waals surface area (Å²) in [5.74, 6) is 0. The van der Waals surface area contributed by atoms with Gasteiger partial charge in [0.25, 0.3) is 0 Å². The van der Waals surface area contributed by atoms with Crippen LogP contribution in [0.25, 0.3) is 33.4 Å². The minimum Gasteiger partial charge on any atom is -0.135 e. The van der Waals surface area contributed by atoms with E-state index in [1.165, 1.54) is 31.7 Å². The van der Waals surface area contributed by atoms with Crippen molar-refractivity contribution >= 4 is 33.6 Å². The molecule has 92 valence electrons. The lowest BCUT2D eigenvalue weighted by atomic mass is 10.0. The lowest BCUT2D eigenvalue weighted by Gasteiger charge is -2.03. The highest BCUT2D eigenvalue weighted by Crippen LogP contribution is 2.39. The van der Waals surface area contributed by atoms with Crippen LogP contribution >= 0.6 is 11.3 Å². The molecule has 0 aliphatic rings. The maximum Gasteiger partial charge on any atom is 0.0433 e. The maximum absolute atomic E-state index is 3.92. The Balaban J connectivity index is 2.36. The van der Waals surface area contributed by atoms with Gasteiger partial charge in [-0.05, 0) is 16.7 Å². The molecule has 0 radical (unpaired) electrons. The van der Waals surface area contributed by atoms with Gasteiger partial charge in [0.15, 0.2) is 0 Å². The first-order chi connectivity index (χ1) is 9.35. The Morgan fingerprint density at radius 2 is 1.63 bits per heavy atom. The minimum absolute atomic E-state index is 1.19. The van der Waals surface area contributed by atoms with Gasteiger partial charge in [0.1, 0.15) is 0 Å². The number of rotatable bonds is 3. The van der Waals surface area contributed by atoms with Crippen molar-refractivity contribution in [2.45, 2.75) is 0 Å². The second-order valence-electron chi connectivity index (χ2n) is 4.34. The summed E-state index contributed by atoms with van der Waals surface area (Å²) in [7, 11) is 0. The van der Waals surface area contributed by atoms with E-state index in [0.29, 0.717) is 0 Å². The standard InChI is InChI=1S/C18H14S/c1-3-14-16-12-8-11-15(13-9-6-5-7-10-13)18(16)19-17(14)4-2/h3-12H,1-2H2. The number of benzene rings is 2. The molecule has 19 heavy (non-hydrogen) atoms. The van der Waals surface area contributed by atoms with E-state index in [4.69, 9.17) is 0 Å². The van der Waals surface area contributed by atoms with Crippen LogP contribution in [0.5, 0.6) is 0 Å². The molecule has 0 nitrogen and oxygen atoms in total. The highest BCUT2D eigenvalue weighted by molar-refractivity contribution is 7.20. The fourth-order valence-electron chi connectivity index (χ4n) is 2.36. The van der Waals surface area contributed by atoms with Crippen LogP contribution in [0, 0.1) is 0 Å². The Hall–Kier alpha value is -2.12. The van der Waals surface area contributed by atoms with Crippen molar-refractivity contribution in [1.82, 2.24) is 0 Å². The van der Waals surface area contributed by atoms with Crippen molar-refractivity contribution in [3.8, 4) is 11.1 Å². The molecule has 3 rings (SSSR count). The summed E-state index contributed by atoms with van der Waals surface area (Å²) in [5.41, 5.74) is 3.72. The lowest BCUT2D eigenvalue weighted by Crippen LogP contribution is -1.77. The zero-order valence-corrected chi connectivity index (χ0v) is 11.4. The molecule has 1 aromatic heterocycles. The van der Waals surface area contributed by atoms with Crippen molar-refractivity contribution in [3.63, 3.8) is 0 Å². The first-order valence-corrected chi connectivity index (χ1v) is 7.02. The van der Waals surface area contributed by atoms with Gasteiger partial charge in [-0.3, -0.25) is 0 Å². The molecule has 0 fully saturated rings. The molecule has 0 unspecified atom stereocenters. The maximum atomic E-state index is 3.92. The van der Waals surface area contributed by atoms with Gasteiger partial charge in [-0.15, -0.1) is 11.3 Å². The van der Waals surface area contributed by atoms with Crippen molar-refractivity contribution in [2.24, 2.45) is 0 Å². The van der Waals surface area contributed by atoms with E-state index in [2.05, 4.69) is 55.6 Å². The van der Waals surface area contributed by atoms with Gasteiger partial charge < -0.3 is 0 Å². The summed E-state index contributed by atoms with van der Waals surface area (Å²) in [6.45, 7) is 7.82. The van der Waals surface area contributed by atoms with Crippen LogP contribution in [0.4, 0.5) is 0 Å². The number of hydrogen-bond acceptors (Lipinski definition) is 1. The van der Waals surface area contributed by atoms with Gasteiger partial charge in [-0.2, -0.15) is 0 Å². The number of thiophene rings is 1. The first-order valence-electron chi connectivity index (χ1n) is 6.21. The largest absolute Gasteiger partial charge is 0.135 e. The molecular weight excluding hydrogens is 248 g/mol. The van der Waals surface area contributed by atoms with Crippen LogP contribution in [0.15, 0.2) is 61.7 Å². The van der Waals surface area contributed by atoms with E-state index in [9.17, 15) is 0 Å². The Morgan fingerprint density at radius 1 is 0.842 bits per heavy atom. The Bertz CT molecular complexity index is 748. The zero-order chi connectivity index (χ0) is 13.2. The third kappa shape index (κ3) is 1.92. The zero-order valence-electron chi connectivity index (χ0n) is 10.6. The topological polar surface area (TPSA) is 0 Å². The third-order valence-electron chi connectivity index (χ3n) is 3.26. The minimum atomic E-state index is 1.19. The molecular formula is C18H14S. The summed E-state index contributed by atoms with van der Waals surface area (Å²) >= 11 is 1.78. The average molecular weight is 262 g/mol. The Labute approximate surface area is 117 Å². The molecule has 2 aromatic carbocycles. The second kappa shape index (κ2) is 4.87. The molecule has 0 amide bonds. The Morgan fingerprint density at radius 3 is 2.32 bits per heavy atom. The SMILES string of the molecule is C=Cc1sc2c(-c3ccccc3)cccc2c1C=C. The van der Waals surface area contributed by atoms with Crippen molar-refractivity contribution in [3.05, 3.63) is 72.1 Å². The molecule has 0 bridgehead atoms. The van der Waals surface area contributed by atoms with Gasteiger partial charge in [0, 0.05) is 15.0 Å². The van der Waals surface area contributed by atoms with Crippen LogP contribution in [0.2, 0.25) is 0 Å². The summed E-state index contributed by atoms with van der Waals surface area (Å²) in [4.78, 5) is 1.19. The van der Waals surface area contributed by atoms with Gasteiger partial charge in [0.05, 0.1) is 0 Å². The fourth-order valence-corrected chi connectivity index (χ4v) is 3.55. The third-order valence-corrected chi connectivity index (χ3v) is 4.51. The number of hydrogen-bond donors (Lipinski definition) is 0. The second-order valence-corrected chi connectivity index (χ2v) is 5.39. The highest BCUT2D eigenvalue weighted by atomic mass is 32.1. The van der Waals surface area contributed by atoms with E-state index in [1.807, 2.05) is 18.2 Å². The predicted molar refractivity (Wildman–Crippen MR) is 87.4 cm³/mol. The summed E-state index contributed by atoms with van der Waals surface area (Å²) in [5, 5.41) is 1.26. The van der Waals surface area contributed by atoms with E-state index >= 15 is 0 Å². The van der Waals surface area contributed by atoms with Crippen LogP contribution in [-0.2, 0) is 0 Å². The first kappa shape index (κ1) is 11.9. The molecule has 0 saturated carbocycles. The van der Waals surface area contributed by atoms with Gasteiger partial charge in [-0.25, -0.2) is 0 Å². The molecule has 3 aromatic rings. The van der Waals surface area contributed by atoms with Crippen LogP contribution in [-0.4, -0.2) is 0 Å². The van der Waals surface area contributed by atoms with Gasteiger partial charge in [0.2, 0.25) is 0 Å². The monoisotopic (exact) mass is 262 g/mol. The Kier molecular flexibility index (Phi) is 3.06. The molecule has 0 saturated heterocycles. The summed E-state index contributed by atoms with van der Waals surface area (Å²) in [6, 6.07) is 16.9. The van der Waals surface area contributed by atoms with E-state index in [1.54, 1.807) is 11.3 Å². The predicted octanol–water partition coefficient (Wildman–Crippen LogP) is 5.85. The molecule has 0 spiro atoms. The van der Waals surface area contributed by atoms with Crippen molar-refractivity contribution < 1.29 is 0 Å².